The molecular formula is C25H29N7O3. The van der Waals surface area contributed by atoms with Crippen LogP contribution in [0.4, 0.5) is 0 Å². The van der Waals surface area contributed by atoms with Gasteiger partial charge in [-0.2, -0.15) is 10.2 Å². The van der Waals surface area contributed by atoms with Crippen molar-refractivity contribution in [2.24, 2.45) is 0 Å². The van der Waals surface area contributed by atoms with E-state index >= 15 is 0 Å². The number of carbonyl (C=O) groups excluding carboxylic acids is 1. The van der Waals surface area contributed by atoms with Crippen molar-refractivity contribution >= 4 is 5.97 Å². The molecular weight excluding hydrogens is 446 g/mol. The maximum absolute atomic E-state index is 12.2. The van der Waals surface area contributed by atoms with E-state index in [1.807, 2.05) is 42.2 Å². The third-order valence-electron chi connectivity index (χ3n) is 6.22. The van der Waals surface area contributed by atoms with Gasteiger partial charge in [-0.15, -0.1) is 0 Å². The lowest BCUT2D eigenvalue weighted by Gasteiger charge is -2.21. The lowest BCUT2D eigenvalue weighted by Crippen LogP contribution is -2.37. The van der Waals surface area contributed by atoms with Crippen LogP contribution >= 0.6 is 0 Å². The second kappa shape index (κ2) is 8.37. The van der Waals surface area contributed by atoms with Crippen molar-refractivity contribution in [3.8, 4) is 39.8 Å². The quantitative estimate of drug-likeness (QED) is 0.404. The highest BCUT2D eigenvalue weighted by molar-refractivity contribution is 5.78. The van der Waals surface area contributed by atoms with Crippen molar-refractivity contribution in [1.82, 2.24) is 34.1 Å². The Balaban J connectivity index is 1.52. The number of imidazole rings is 1. The number of esters is 1. The van der Waals surface area contributed by atoms with E-state index < -0.39 is 5.54 Å². The van der Waals surface area contributed by atoms with Gasteiger partial charge in [-0.3, -0.25) is 4.68 Å². The number of carbonyl (C=O) groups is 1. The third kappa shape index (κ3) is 3.88. The van der Waals surface area contributed by atoms with Crippen LogP contribution in [0.2, 0.25) is 0 Å². The number of fused-ring (bicyclic) bond motifs is 3. The molecule has 10 nitrogen and oxygen atoms in total. The number of aromatic nitrogens is 7. The van der Waals surface area contributed by atoms with Crippen LogP contribution in [0.25, 0.3) is 34.0 Å². The summed E-state index contributed by atoms with van der Waals surface area (Å²) in [6, 6.07) is 6.20. The molecule has 1 aliphatic rings. The van der Waals surface area contributed by atoms with Crippen molar-refractivity contribution in [3.63, 3.8) is 0 Å². The van der Waals surface area contributed by atoms with E-state index in [2.05, 4.69) is 33.6 Å². The van der Waals surface area contributed by atoms with Gasteiger partial charge in [0.05, 0.1) is 25.4 Å². The smallest absolute Gasteiger partial charge is 0.333 e. The van der Waals surface area contributed by atoms with Gasteiger partial charge in [0.25, 0.3) is 0 Å². The van der Waals surface area contributed by atoms with Gasteiger partial charge in [-0.05, 0) is 52.3 Å². The topological polar surface area (TPSA) is 102 Å². The first-order valence-corrected chi connectivity index (χ1v) is 11.6. The van der Waals surface area contributed by atoms with Gasteiger partial charge in [0.1, 0.15) is 29.7 Å². The Kier molecular flexibility index (Phi) is 5.46. The largest absolute Gasteiger partial charge is 0.491 e. The monoisotopic (exact) mass is 475 g/mol. The molecule has 35 heavy (non-hydrogen) atoms. The Morgan fingerprint density at radius 1 is 1.14 bits per heavy atom. The summed E-state index contributed by atoms with van der Waals surface area (Å²) >= 11 is 0. The average molecular weight is 476 g/mol. The highest BCUT2D eigenvalue weighted by Crippen LogP contribution is 2.37. The standard InChI is InChI=1S/C25H29N7O3/c1-15(2)32-23(27-16(3)29-32)20-14-30-9-10-35-21-11-17(7-8-19(21)22(30)28-20)18-12-26-31(13-18)25(4,5)24(33)34-6/h7-8,11-15H,9-10H2,1-6H3. The lowest BCUT2D eigenvalue weighted by atomic mass is 10.0. The molecule has 0 unspecified atom stereocenters. The first-order valence-electron chi connectivity index (χ1n) is 11.6. The Labute approximate surface area is 203 Å². The van der Waals surface area contributed by atoms with Gasteiger partial charge in [0.2, 0.25) is 0 Å². The van der Waals surface area contributed by atoms with Gasteiger partial charge in [0.15, 0.2) is 11.4 Å². The van der Waals surface area contributed by atoms with E-state index in [1.165, 1.54) is 7.11 Å². The number of aryl methyl sites for hydroxylation is 1. The molecule has 0 radical (unpaired) electrons. The number of hydrogen-bond donors (Lipinski definition) is 0. The molecule has 1 aliphatic heterocycles. The summed E-state index contributed by atoms with van der Waals surface area (Å²) in [5, 5.41) is 8.94. The van der Waals surface area contributed by atoms with E-state index in [0.717, 1.165) is 45.6 Å². The molecule has 0 fully saturated rings. The number of methoxy groups -OCH3 is 1. The Morgan fingerprint density at radius 3 is 2.69 bits per heavy atom. The van der Waals surface area contributed by atoms with E-state index in [9.17, 15) is 4.79 Å². The average Bonchev–Trinajstić information content (AvgIpc) is 3.55. The highest BCUT2D eigenvalue weighted by Gasteiger charge is 2.32. The van der Waals surface area contributed by atoms with Gasteiger partial charge >= 0.3 is 5.97 Å². The summed E-state index contributed by atoms with van der Waals surface area (Å²) in [5.74, 6) is 2.71. The van der Waals surface area contributed by atoms with Crippen LogP contribution in [0, 0.1) is 6.92 Å². The maximum Gasteiger partial charge on any atom is 0.333 e. The molecule has 10 heteroatoms. The molecule has 182 valence electrons. The van der Waals surface area contributed by atoms with E-state index in [-0.39, 0.29) is 12.0 Å². The van der Waals surface area contributed by atoms with Crippen molar-refractivity contribution in [1.29, 1.82) is 0 Å². The Bertz CT molecular complexity index is 1410. The van der Waals surface area contributed by atoms with E-state index in [1.54, 1.807) is 24.7 Å². The van der Waals surface area contributed by atoms with Gasteiger partial charge in [-0.1, -0.05) is 6.07 Å². The number of rotatable bonds is 5. The van der Waals surface area contributed by atoms with Gasteiger partial charge < -0.3 is 14.0 Å². The predicted molar refractivity (Wildman–Crippen MR) is 130 cm³/mol. The fraction of sp³-hybridized carbons (Fsp3) is 0.400. The van der Waals surface area contributed by atoms with E-state index in [0.29, 0.717) is 13.2 Å². The third-order valence-corrected chi connectivity index (χ3v) is 6.22. The minimum Gasteiger partial charge on any atom is -0.491 e. The van der Waals surface area contributed by atoms with E-state index in [4.69, 9.17) is 14.5 Å². The van der Waals surface area contributed by atoms with Crippen LogP contribution < -0.4 is 4.74 Å². The zero-order valence-corrected chi connectivity index (χ0v) is 20.8. The normalized spacial score (nSPS) is 13.2. The molecule has 0 amide bonds. The number of benzene rings is 1. The predicted octanol–water partition coefficient (Wildman–Crippen LogP) is 3.86. The zero-order chi connectivity index (χ0) is 24.9. The molecule has 0 spiro atoms. The molecule has 0 saturated heterocycles. The molecule has 4 aromatic rings. The molecule has 0 aliphatic carbocycles. The molecule has 0 N–H and O–H groups in total. The summed E-state index contributed by atoms with van der Waals surface area (Å²) in [5.41, 5.74) is 2.60. The fourth-order valence-corrected chi connectivity index (χ4v) is 4.25. The summed E-state index contributed by atoms with van der Waals surface area (Å²) < 4.78 is 16.6. The molecule has 0 atom stereocenters. The summed E-state index contributed by atoms with van der Waals surface area (Å²) in [6.45, 7) is 10.8. The molecule has 4 heterocycles. The summed E-state index contributed by atoms with van der Waals surface area (Å²) in [6.07, 6.45) is 5.60. The van der Waals surface area contributed by atoms with Crippen LogP contribution in [0.5, 0.6) is 5.75 Å². The summed E-state index contributed by atoms with van der Waals surface area (Å²) in [7, 11) is 1.38. The lowest BCUT2D eigenvalue weighted by molar-refractivity contribution is -0.150. The minimum atomic E-state index is -0.911. The zero-order valence-electron chi connectivity index (χ0n) is 20.8. The molecule has 1 aromatic carbocycles. The second-order valence-corrected chi connectivity index (χ2v) is 9.45. The number of ether oxygens (including phenoxy) is 2. The molecule has 0 bridgehead atoms. The van der Waals surface area contributed by atoms with Gasteiger partial charge in [0, 0.05) is 24.0 Å². The fourth-order valence-electron chi connectivity index (χ4n) is 4.25. The Hall–Kier alpha value is -3.95. The van der Waals surface area contributed by atoms with Crippen molar-refractivity contribution in [2.45, 2.75) is 52.7 Å². The highest BCUT2D eigenvalue weighted by atomic mass is 16.5. The second-order valence-electron chi connectivity index (χ2n) is 9.45. The Morgan fingerprint density at radius 2 is 1.94 bits per heavy atom. The maximum atomic E-state index is 12.2. The molecule has 0 saturated carbocycles. The van der Waals surface area contributed by atoms with Crippen LogP contribution in [0.15, 0.2) is 36.8 Å². The number of hydrogen-bond acceptors (Lipinski definition) is 7. The number of nitrogens with zero attached hydrogens (tertiary/aromatic N) is 7. The SMILES string of the molecule is COC(=O)C(C)(C)n1cc(-c2ccc3c(c2)OCCn2cc(-c4nc(C)nn4C(C)C)nc2-3)cn1. The van der Waals surface area contributed by atoms with Crippen LogP contribution in [-0.4, -0.2) is 53.8 Å². The van der Waals surface area contributed by atoms with Crippen molar-refractivity contribution in [2.75, 3.05) is 13.7 Å². The first kappa shape index (κ1) is 22.8. The minimum absolute atomic E-state index is 0.177. The van der Waals surface area contributed by atoms with Crippen molar-refractivity contribution in [3.05, 3.63) is 42.6 Å². The van der Waals surface area contributed by atoms with Crippen LogP contribution in [-0.2, 0) is 21.6 Å². The summed E-state index contributed by atoms with van der Waals surface area (Å²) in [4.78, 5) is 21.7. The molecule has 5 rings (SSSR count). The van der Waals surface area contributed by atoms with Gasteiger partial charge in [-0.25, -0.2) is 19.4 Å². The first-order chi connectivity index (χ1) is 16.7. The van der Waals surface area contributed by atoms with Crippen LogP contribution in [0.1, 0.15) is 39.6 Å². The van der Waals surface area contributed by atoms with Crippen molar-refractivity contribution < 1.29 is 14.3 Å². The molecule has 3 aromatic heterocycles. The van der Waals surface area contributed by atoms with Crippen LogP contribution in [0.3, 0.4) is 0 Å².